The predicted octanol–water partition coefficient (Wildman–Crippen LogP) is 3.88. The average Bonchev–Trinajstić information content (AvgIpc) is 3.50. The first-order valence-electron chi connectivity index (χ1n) is 11.8. The number of hydrogen-bond acceptors (Lipinski definition) is 6. The zero-order valence-corrected chi connectivity index (χ0v) is 20.4. The van der Waals surface area contributed by atoms with E-state index in [0.717, 1.165) is 26.8 Å². The second-order valence-corrected chi connectivity index (χ2v) is 8.96. The summed E-state index contributed by atoms with van der Waals surface area (Å²) >= 11 is 0. The molecule has 36 heavy (non-hydrogen) atoms. The summed E-state index contributed by atoms with van der Waals surface area (Å²) in [5.74, 6) is -1.02. The molecule has 4 rings (SSSR count). The molecule has 2 aromatic heterocycles. The normalized spacial score (nSPS) is 11.2. The number of benzene rings is 2. The summed E-state index contributed by atoms with van der Waals surface area (Å²) in [6.07, 6.45) is 1.10. The molecular weight excluding hydrogens is 460 g/mol. The standard InChI is InChI=1S/C26H28N6O4/c1-4-22(33)32-23(25(34)35)21(14-9-16(2)3)31(26(32)36)15-17-10-12-18(13-11-17)19-7-5-6-8-20(19)24-27-29-30-28-24/h5-8,10-13,16H,4,9,14-15H2,1-3H3,(H,34,35)(H,27,28,29,30). The summed E-state index contributed by atoms with van der Waals surface area (Å²) in [4.78, 5) is 37.9. The van der Waals surface area contributed by atoms with Crippen molar-refractivity contribution in [2.75, 3.05) is 0 Å². The fourth-order valence-electron chi connectivity index (χ4n) is 4.22. The molecule has 0 saturated carbocycles. The highest BCUT2D eigenvalue weighted by Gasteiger charge is 2.27. The highest BCUT2D eigenvalue weighted by atomic mass is 16.4. The minimum atomic E-state index is -1.28. The van der Waals surface area contributed by atoms with Crippen molar-refractivity contribution in [1.29, 1.82) is 0 Å². The van der Waals surface area contributed by atoms with Crippen molar-refractivity contribution in [2.45, 2.75) is 46.6 Å². The number of rotatable bonds is 9. The van der Waals surface area contributed by atoms with Crippen molar-refractivity contribution >= 4 is 11.9 Å². The molecule has 0 amide bonds. The van der Waals surface area contributed by atoms with Gasteiger partial charge in [0.2, 0.25) is 11.7 Å². The number of carboxylic acid groups (broad SMARTS) is 1. The Balaban J connectivity index is 1.73. The molecule has 10 nitrogen and oxygen atoms in total. The molecule has 186 valence electrons. The molecule has 0 spiro atoms. The van der Waals surface area contributed by atoms with Crippen LogP contribution < -0.4 is 5.69 Å². The molecule has 0 radical (unpaired) electrons. The molecule has 2 N–H and O–H groups in total. The van der Waals surface area contributed by atoms with Crippen LogP contribution in [0.4, 0.5) is 0 Å². The van der Waals surface area contributed by atoms with Crippen LogP contribution in [0.5, 0.6) is 0 Å². The molecule has 0 aliphatic rings. The van der Waals surface area contributed by atoms with E-state index in [1.165, 1.54) is 4.57 Å². The number of tetrazole rings is 1. The van der Waals surface area contributed by atoms with Gasteiger partial charge in [-0.1, -0.05) is 69.3 Å². The Morgan fingerprint density at radius 1 is 1.06 bits per heavy atom. The lowest BCUT2D eigenvalue weighted by molar-refractivity contribution is 0.0670. The van der Waals surface area contributed by atoms with Crippen LogP contribution in [0.25, 0.3) is 22.5 Å². The third-order valence-corrected chi connectivity index (χ3v) is 6.08. The minimum absolute atomic E-state index is 0.0301. The van der Waals surface area contributed by atoms with Crippen LogP contribution in [0.15, 0.2) is 53.3 Å². The van der Waals surface area contributed by atoms with Gasteiger partial charge in [0.15, 0.2) is 5.69 Å². The molecule has 2 aromatic carbocycles. The number of carbonyl (C=O) groups excluding carboxylic acids is 1. The van der Waals surface area contributed by atoms with E-state index in [1.54, 1.807) is 6.92 Å². The monoisotopic (exact) mass is 488 g/mol. The maximum absolute atomic E-state index is 13.2. The summed E-state index contributed by atoms with van der Waals surface area (Å²) in [6, 6.07) is 15.3. The van der Waals surface area contributed by atoms with E-state index in [2.05, 4.69) is 20.6 Å². The summed E-state index contributed by atoms with van der Waals surface area (Å²) < 4.78 is 2.23. The van der Waals surface area contributed by atoms with Gasteiger partial charge in [0.05, 0.1) is 12.2 Å². The lowest BCUT2D eigenvalue weighted by atomic mass is 9.98. The molecule has 0 unspecified atom stereocenters. The molecule has 2 heterocycles. The van der Waals surface area contributed by atoms with Crippen LogP contribution in [0.3, 0.4) is 0 Å². The third kappa shape index (κ3) is 4.88. The van der Waals surface area contributed by atoms with Gasteiger partial charge in [-0.05, 0) is 40.7 Å². The van der Waals surface area contributed by atoms with E-state index in [9.17, 15) is 19.5 Å². The number of imidazole rings is 1. The van der Waals surface area contributed by atoms with E-state index in [-0.39, 0.29) is 18.7 Å². The maximum Gasteiger partial charge on any atom is 0.354 e. The number of carboxylic acids is 1. The molecule has 0 bridgehead atoms. The van der Waals surface area contributed by atoms with E-state index in [1.807, 2.05) is 62.4 Å². The van der Waals surface area contributed by atoms with Gasteiger partial charge in [0.1, 0.15) is 0 Å². The Morgan fingerprint density at radius 2 is 1.75 bits per heavy atom. The fraction of sp³-hybridized carbons (Fsp3) is 0.308. The first kappa shape index (κ1) is 24.8. The van der Waals surface area contributed by atoms with Gasteiger partial charge in [0, 0.05) is 12.0 Å². The van der Waals surface area contributed by atoms with Gasteiger partial charge in [-0.15, -0.1) is 10.2 Å². The molecule has 0 aliphatic heterocycles. The van der Waals surface area contributed by atoms with Crippen LogP contribution in [-0.2, 0) is 13.0 Å². The van der Waals surface area contributed by atoms with Gasteiger partial charge in [0.25, 0.3) is 0 Å². The Morgan fingerprint density at radius 3 is 2.33 bits per heavy atom. The van der Waals surface area contributed by atoms with E-state index < -0.39 is 17.6 Å². The zero-order valence-electron chi connectivity index (χ0n) is 20.4. The van der Waals surface area contributed by atoms with Gasteiger partial charge < -0.3 is 5.11 Å². The van der Waals surface area contributed by atoms with Crippen LogP contribution in [0.1, 0.15) is 60.2 Å². The quantitative estimate of drug-likeness (QED) is 0.365. The number of H-pyrrole nitrogens is 1. The van der Waals surface area contributed by atoms with Crippen molar-refractivity contribution in [1.82, 2.24) is 29.8 Å². The number of carbonyl (C=O) groups is 2. The Bertz CT molecular complexity index is 1430. The Hall–Kier alpha value is -4.34. The van der Waals surface area contributed by atoms with Crippen LogP contribution in [0.2, 0.25) is 0 Å². The van der Waals surface area contributed by atoms with Gasteiger partial charge in [-0.25, -0.2) is 14.2 Å². The summed E-state index contributed by atoms with van der Waals surface area (Å²) in [5, 5.41) is 24.1. The number of aromatic amines is 1. The smallest absolute Gasteiger partial charge is 0.354 e. The number of nitrogens with one attached hydrogen (secondary N) is 1. The van der Waals surface area contributed by atoms with Crippen molar-refractivity contribution < 1.29 is 14.7 Å². The molecular formula is C26H28N6O4. The second kappa shape index (κ2) is 10.5. The summed E-state index contributed by atoms with van der Waals surface area (Å²) in [5.41, 5.74) is 3.00. The first-order valence-corrected chi connectivity index (χ1v) is 11.8. The molecule has 0 saturated heterocycles. The lowest BCUT2D eigenvalue weighted by Gasteiger charge is -2.11. The molecule has 4 aromatic rings. The van der Waals surface area contributed by atoms with Gasteiger partial charge in [-0.3, -0.25) is 9.36 Å². The molecule has 0 atom stereocenters. The molecule has 10 heteroatoms. The van der Waals surface area contributed by atoms with Crippen LogP contribution in [0, 0.1) is 5.92 Å². The highest BCUT2D eigenvalue weighted by Crippen LogP contribution is 2.30. The van der Waals surface area contributed by atoms with E-state index in [4.69, 9.17) is 0 Å². The summed E-state index contributed by atoms with van der Waals surface area (Å²) in [6.45, 7) is 5.82. The number of aromatic nitrogens is 6. The molecule has 0 fully saturated rings. The summed E-state index contributed by atoms with van der Waals surface area (Å²) in [7, 11) is 0. The second-order valence-electron chi connectivity index (χ2n) is 8.96. The topological polar surface area (TPSA) is 136 Å². The molecule has 0 aliphatic carbocycles. The Kier molecular flexibility index (Phi) is 7.23. The Labute approximate surface area is 207 Å². The van der Waals surface area contributed by atoms with Gasteiger partial charge >= 0.3 is 11.7 Å². The van der Waals surface area contributed by atoms with Crippen LogP contribution >= 0.6 is 0 Å². The number of aromatic carboxylic acids is 1. The van der Waals surface area contributed by atoms with Gasteiger partial charge in [-0.2, -0.15) is 5.21 Å². The fourth-order valence-corrected chi connectivity index (χ4v) is 4.22. The van der Waals surface area contributed by atoms with Crippen LogP contribution in [-0.4, -0.2) is 46.7 Å². The predicted molar refractivity (Wildman–Crippen MR) is 134 cm³/mol. The zero-order chi connectivity index (χ0) is 25.8. The average molecular weight is 489 g/mol. The van der Waals surface area contributed by atoms with E-state index in [0.29, 0.717) is 30.3 Å². The number of hydrogen-bond donors (Lipinski definition) is 2. The largest absolute Gasteiger partial charge is 0.477 e. The van der Waals surface area contributed by atoms with Crippen molar-refractivity contribution in [2.24, 2.45) is 5.92 Å². The third-order valence-electron chi connectivity index (χ3n) is 6.08. The first-order chi connectivity index (χ1) is 17.3. The van der Waals surface area contributed by atoms with E-state index >= 15 is 0 Å². The maximum atomic E-state index is 13.2. The SMILES string of the molecule is CCC(=O)n1c(C(=O)O)c(CCC(C)C)n(Cc2ccc(-c3ccccc3-c3nn[nH]n3)cc2)c1=O. The number of nitrogens with zero attached hydrogens (tertiary/aromatic N) is 5. The van der Waals surface area contributed by atoms with Crippen molar-refractivity contribution in [3.05, 3.63) is 76.0 Å². The van der Waals surface area contributed by atoms with Crippen molar-refractivity contribution in [3.63, 3.8) is 0 Å². The highest BCUT2D eigenvalue weighted by molar-refractivity contribution is 5.93. The minimum Gasteiger partial charge on any atom is -0.477 e. The lowest BCUT2D eigenvalue weighted by Crippen LogP contribution is -2.30. The van der Waals surface area contributed by atoms with Crippen molar-refractivity contribution in [3.8, 4) is 22.5 Å².